The highest BCUT2D eigenvalue weighted by Gasteiger charge is 2.24. The van der Waals surface area contributed by atoms with E-state index in [4.69, 9.17) is 8.22 Å². The second-order valence-corrected chi connectivity index (χ2v) is 6.77. The molecule has 0 bridgehead atoms. The molecule has 0 radical (unpaired) electrons. The van der Waals surface area contributed by atoms with Crippen molar-refractivity contribution in [3.63, 3.8) is 0 Å². The van der Waals surface area contributed by atoms with Crippen LogP contribution in [0.4, 0.5) is 11.4 Å². The zero-order valence-corrected chi connectivity index (χ0v) is 13.6. The number of rotatable bonds is 4. The molecule has 0 amide bonds. The van der Waals surface area contributed by atoms with Crippen molar-refractivity contribution in [1.82, 2.24) is 4.90 Å². The molecule has 1 unspecified atom stereocenters. The molecule has 3 rings (SSSR count). The Balaban J connectivity index is 1.93. The maximum Gasteiger partial charge on any atom is 0.0992 e. The van der Waals surface area contributed by atoms with E-state index in [0.717, 1.165) is 21.2 Å². The van der Waals surface area contributed by atoms with Crippen LogP contribution in [-0.4, -0.2) is 31.9 Å². The van der Waals surface area contributed by atoms with Crippen LogP contribution in [0.25, 0.3) is 0 Å². The van der Waals surface area contributed by atoms with E-state index in [1.54, 1.807) is 17.8 Å². The minimum atomic E-state index is -2.71. The average Bonchev–Trinajstić information content (AvgIpc) is 2.64. The molecule has 0 saturated heterocycles. The van der Waals surface area contributed by atoms with Crippen LogP contribution in [0.2, 0.25) is 0 Å². The zero-order valence-electron chi connectivity index (χ0n) is 18.8. The predicted molar refractivity (Wildman–Crippen MR) is 96.4 cm³/mol. The summed E-state index contributed by atoms with van der Waals surface area (Å²) in [5, 5.41) is 9.29. The van der Waals surface area contributed by atoms with Gasteiger partial charge in [0.2, 0.25) is 0 Å². The maximum atomic E-state index is 9.29. The highest BCUT2D eigenvalue weighted by atomic mass is 32.2. The lowest BCUT2D eigenvalue weighted by Crippen LogP contribution is -2.31. The van der Waals surface area contributed by atoms with Crippen LogP contribution in [0, 0.1) is 17.2 Å². The van der Waals surface area contributed by atoms with Gasteiger partial charge in [0.05, 0.1) is 23.0 Å². The minimum absolute atomic E-state index is 0.105. The van der Waals surface area contributed by atoms with Gasteiger partial charge in [-0.3, -0.25) is 0 Å². The largest absolute Gasteiger partial charge is 0.339 e. The van der Waals surface area contributed by atoms with Gasteiger partial charge < -0.3 is 9.80 Å². The Morgan fingerprint density at radius 1 is 1.22 bits per heavy atom. The molecular weight excluding hydrogens is 302 g/mol. The summed E-state index contributed by atoms with van der Waals surface area (Å²) in [6, 6.07) is 15.5. The molecule has 1 aliphatic heterocycles. The first-order chi connectivity index (χ1) is 13.5. The molecule has 1 atom stereocenters. The molecule has 0 saturated carbocycles. The monoisotopic (exact) mass is 329 g/mol. The molecule has 0 N–H and O–H groups in total. The quantitative estimate of drug-likeness (QED) is 0.834. The summed E-state index contributed by atoms with van der Waals surface area (Å²) in [6.07, 6.45) is 0. The lowest BCUT2D eigenvalue weighted by atomic mass is 10.1. The number of hydrogen-bond acceptors (Lipinski definition) is 4. The van der Waals surface area contributed by atoms with Gasteiger partial charge in [-0.15, -0.1) is 0 Å². The Labute approximate surface area is 151 Å². The topological polar surface area (TPSA) is 30.3 Å². The van der Waals surface area contributed by atoms with E-state index < -0.39 is 14.0 Å². The van der Waals surface area contributed by atoms with Gasteiger partial charge >= 0.3 is 0 Å². The summed E-state index contributed by atoms with van der Waals surface area (Å²) in [6.45, 7) is -3.26. The highest BCUT2D eigenvalue weighted by molar-refractivity contribution is 7.99. The number of hydrogen-bond donors (Lipinski definition) is 0. The smallest absolute Gasteiger partial charge is 0.0992 e. The van der Waals surface area contributed by atoms with Crippen LogP contribution in [0.5, 0.6) is 0 Å². The summed E-state index contributed by atoms with van der Waals surface area (Å²) in [7, 11) is 0. The van der Waals surface area contributed by atoms with Gasteiger partial charge in [-0.25, -0.2) is 0 Å². The molecule has 23 heavy (non-hydrogen) atoms. The van der Waals surface area contributed by atoms with Gasteiger partial charge in [-0.2, -0.15) is 5.26 Å². The number of para-hydroxylation sites is 1. The van der Waals surface area contributed by atoms with Crippen molar-refractivity contribution in [2.24, 2.45) is 5.92 Å². The van der Waals surface area contributed by atoms with E-state index in [0.29, 0.717) is 17.0 Å². The van der Waals surface area contributed by atoms with Gasteiger partial charge in [-0.1, -0.05) is 30.8 Å². The van der Waals surface area contributed by atoms with Crippen molar-refractivity contribution >= 4 is 23.1 Å². The first kappa shape index (κ1) is 10.0. The van der Waals surface area contributed by atoms with Crippen molar-refractivity contribution in [2.75, 3.05) is 31.9 Å². The standard InChI is InChI=1S/C19H21N3S/c1-14(12-21(2)3)13-22-16-6-4-5-7-18(16)23-19-9-8-15(11-20)10-17(19)22/h4-10,14H,12-13H2,1-3H3/i2D3,3D3. The second-order valence-electron chi connectivity index (χ2n) is 5.69. The molecule has 0 aromatic heterocycles. The Morgan fingerprint density at radius 2 is 2.00 bits per heavy atom. The lowest BCUT2D eigenvalue weighted by Gasteiger charge is -2.35. The van der Waals surface area contributed by atoms with E-state index >= 15 is 0 Å². The highest BCUT2D eigenvalue weighted by Crippen LogP contribution is 2.48. The van der Waals surface area contributed by atoms with E-state index in [1.165, 1.54) is 0 Å². The molecule has 0 spiro atoms. The first-order valence-corrected chi connectivity index (χ1v) is 8.18. The number of fused-ring (bicyclic) bond motifs is 2. The minimum Gasteiger partial charge on any atom is -0.339 e. The van der Waals surface area contributed by atoms with E-state index in [-0.39, 0.29) is 12.5 Å². The molecule has 1 heterocycles. The molecule has 118 valence electrons. The molecule has 0 fully saturated rings. The van der Waals surface area contributed by atoms with Crippen molar-refractivity contribution in [3.05, 3.63) is 48.0 Å². The summed E-state index contributed by atoms with van der Waals surface area (Å²) in [5.74, 6) is -0.259. The van der Waals surface area contributed by atoms with Crippen LogP contribution in [0.3, 0.4) is 0 Å². The Morgan fingerprint density at radius 3 is 2.78 bits per heavy atom. The molecule has 2 aromatic carbocycles. The van der Waals surface area contributed by atoms with Gasteiger partial charge in [0.1, 0.15) is 0 Å². The number of anilines is 2. The SMILES string of the molecule is [2H]C([2H])([2H])N(CC(C)CN1c2ccccc2Sc2ccc(C#N)cc21)C([2H])([2H])[2H]. The van der Waals surface area contributed by atoms with Crippen LogP contribution in [0.1, 0.15) is 20.7 Å². The third-order valence-corrected chi connectivity index (χ3v) is 4.87. The van der Waals surface area contributed by atoms with Crippen molar-refractivity contribution in [1.29, 1.82) is 5.26 Å². The average molecular weight is 330 g/mol. The van der Waals surface area contributed by atoms with Crippen LogP contribution in [0.15, 0.2) is 52.3 Å². The Kier molecular flexibility index (Phi) is 2.90. The first-order valence-electron chi connectivity index (χ1n) is 10.4. The Bertz CT molecular complexity index is 921. The molecule has 2 aromatic rings. The van der Waals surface area contributed by atoms with Gasteiger partial charge in [-0.05, 0) is 50.2 Å². The van der Waals surface area contributed by atoms with Gasteiger partial charge in [0.25, 0.3) is 0 Å². The predicted octanol–water partition coefficient (Wildman–Crippen LogP) is 4.36. The maximum absolute atomic E-state index is 9.29. The fraction of sp³-hybridized carbons (Fsp3) is 0.316. The fourth-order valence-electron chi connectivity index (χ4n) is 2.78. The number of benzene rings is 2. The number of nitriles is 1. The van der Waals surface area contributed by atoms with Crippen LogP contribution in [-0.2, 0) is 0 Å². The molecular formula is C19H21N3S. The Hall–Kier alpha value is -1.96. The van der Waals surface area contributed by atoms with Crippen LogP contribution < -0.4 is 4.90 Å². The van der Waals surface area contributed by atoms with Gasteiger partial charge in [0, 0.05) is 31.1 Å². The van der Waals surface area contributed by atoms with Crippen molar-refractivity contribution in [3.8, 4) is 6.07 Å². The summed E-state index contributed by atoms with van der Waals surface area (Å²) >= 11 is 1.61. The summed E-state index contributed by atoms with van der Waals surface area (Å²) in [5.41, 5.74) is 2.36. The molecule has 1 aliphatic rings. The fourth-order valence-corrected chi connectivity index (χ4v) is 3.85. The second kappa shape index (κ2) is 6.66. The third kappa shape index (κ3) is 3.36. The molecule has 0 aliphatic carbocycles. The van der Waals surface area contributed by atoms with E-state index in [2.05, 4.69) is 6.07 Å². The van der Waals surface area contributed by atoms with E-state index in [9.17, 15) is 5.26 Å². The normalized spacial score (nSPS) is 19.1. The lowest BCUT2D eigenvalue weighted by molar-refractivity contribution is 0.343. The molecule has 3 nitrogen and oxygen atoms in total. The van der Waals surface area contributed by atoms with Gasteiger partial charge in [0.15, 0.2) is 0 Å². The summed E-state index contributed by atoms with van der Waals surface area (Å²) < 4.78 is 45.5. The van der Waals surface area contributed by atoms with Crippen molar-refractivity contribution < 1.29 is 8.22 Å². The number of nitrogens with zero attached hydrogens (tertiary/aromatic N) is 3. The third-order valence-electron chi connectivity index (χ3n) is 3.74. The molecule has 4 heteroatoms. The van der Waals surface area contributed by atoms with Crippen molar-refractivity contribution in [2.45, 2.75) is 16.7 Å². The summed E-state index contributed by atoms with van der Waals surface area (Å²) in [4.78, 5) is 4.70. The van der Waals surface area contributed by atoms with Crippen LogP contribution >= 0.6 is 11.8 Å². The van der Waals surface area contributed by atoms with E-state index in [1.807, 2.05) is 48.2 Å². The zero-order chi connectivity index (χ0) is 21.4.